The molecule has 0 bridgehead atoms. The van der Waals surface area contributed by atoms with Gasteiger partial charge in [0.1, 0.15) is 4.21 Å². The summed E-state index contributed by atoms with van der Waals surface area (Å²) in [7, 11) is -3.42. The molecule has 1 aromatic heterocycles. The van der Waals surface area contributed by atoms with Crippen molar-refractivity contribution in [2.75, 3.05) is 26.2 Å². The van der Waals surface area contributed by atoms with Gasteiger partial charge in [0.2, 0.25) is 0 Å². The highest BCUT2D eigenvalue weighted by Crippen LogP contribution is 2.26. The van der Waals surface area contributed by atoms with Crippen molar-refractivity contribution in [2.45, 2.75) is 23.5 Å². The third-order valence-electron chi connectivity index (χ3n) is 3.74. The lowest BCUT2D eigenvalue weighted by atomic mass is 10.1. The molecule has 0 aromatic carbocycles. The minimum absolute atomic E-state index is 0.0123. The van der Waals surface area contributed by atoms with E-state index >= 15 is 0 Å². The maximum atomic E-state index is 12.4. The van der Waals surface area contributed by atoms with Gasteiger partial charge in [0.25, 0.3) is 10.0 Å². The first kappa shape index (κ1) is 18.7. The van der Waals surface area contributed by atoms with Crippen molar-refractivity contribution in [3.63, 3.8) is 0 Å². The van der Waals surface area contributed by atoms with Crippen molar-refractivity contribution in [1.82, 2.24) is 14.9 Å². The van der Waals surface area contributed by atoms with E-state index in [0.29, 0.717) is 43.2 Å². The molecule has 0 radical (unpaired) electrons. The summed E-state index contributed by atoms with van der Waals surface area (Å²) < 4.78 is 26.6. The van der Waals surface area contributed by atoms with Gasteiger partial charge in [0.05, 0.1) is 0 Å². The summed E-state index contributed by atoms with van der Waals surface area (Å²) in [5, 5.41) is 15.5. The standard InChI is InChI=1S/C14H21N3O5S2/c18-12(19)3-1-6-15-14(20)16-9-11-5-7-17(10-11)24(21,22)13-4-2-8-23-13/h2,4,8,11H,1,3,5-7,9-10H2,(H,18,19)(H2,15,16,20). The van der Waals surface area contributed by atoms with Gasteiger partial charge >= 0.3 is 12.0 Å². The zero-order chi connectivity index (χ0) is 17.6. The van der Waals surface area contributed by atoms with Crippen LogP contribution in [0.1, 0.15) is 19.3 Å². The molecule has 3 N–H and O–H groups in total. The van der Waals surface area contributed by atoms with Crippen LogP contribution in [-0.2, 0) is 14.8 Å². The van der Waals surface area contributed by atoms with Crippen molar-refractivity contribution >= 4 is 33.4 Å². The van der Waals surface area contributed by atoms with Gasteiger partial charge in [-0.2, -0.15) is 4.31 Å². The molecule has 2 heterocycles. The number of hydrogen-bond acceptors (Lipinski definition) is 5. The van der Waals surface area contributed by atoms with Crippen molar-refractivity contribution in [2.24, 2.45) is 5.92 Å². The van der Waals surface area contributed by atoms with Gasteiger partial charge in [0, 0.05) is 32.6 Å². The Kier molecular flexibility index (Phi) is 6.58. The van der Waals surface area contributed by atoms with E-state index in [-0.39, 0.29) is 18.4 Å². The van der Waals surface area contributed by atoms with Crippen molar-refractivity contribution in [3.05, 3.63) is 17.5 Å². The van der Waals surface area contributed by atoms with Crippen LogP contribution in [0.25, 0.3) is 0 Å². The largest absolute Gasteiger partial charge is 0.481 e. The van der Waals surface area contributed by atoms with Gasteiger partial charge in [-0.1, -0.05) is 6.07 Å². The number of carboxylic acid groups (broad SMARTS) is 1. The summed E-state index contributed by atoms with van der Waals surface area (Å²) in [4.78, 5) is 22.0. The second-order valence-electron chi connectivity index (χ2n) is 5.58. The highest BCUT2D eigenvalue weighted by atomic mass is 32.2. The van der Waals surface area contributed by atoms with E-state index in [1.54, 1.807) is 17.5 Å². The third-order valence-corrected chi connectivity index (χ3v) is 6.98. The number of hydrogen-bond donors (Lipinski definition) is 3. The van der Waals surface area contributed by atoms with Crippen LogP contribution in [0.15, 0.2) is 21.7 Å². The molecule has 1 fully saturated rings. The monoisotopic (exact) mass is 375 g/mol. The summed E-state index contributed by atoms with van der Waals surface area (Å²) in [5.74, 6) is -0.820. The van der Waals surface area contributed by atoms with E-state index < -0.39 is 16.0 Å². The summed E-state index contributed by atoms with van der Waals surface area (Å²) in [6.45, 7) is 1.52. The van der Waals surface area contributed by atoms with E-state index in [4.69, 9.17) is 5.11 Å². The highest BCUT2D eigenvalue weighted by molar-refractivity contribution is 7.91. The predicted octanol–water partition coefficient (Wildman–Crippen LogP) is 0.923. The number of carbonyl (C=O) groups is 2. The summed E-state index contributed by atoms with van der Waals surface area (Å²) in [6, 6.07) is 2.94. The molecule has 1 aliphatic heterocycles. The van der Waals surface area contributed by atoms with Crippen LogP contribution < -0.4 is 10.6 Å². The molecule has 0 aliphatic carbocycles. The Bertz CT molecular complexity index is 660. The average Bonchev–Trinajstić information content (AvgIpc) is 3.20. The number of thiophene rings is 1. The Morgan fingerprint density at radius 3 is 2.83 bits per heavy atom. The Labute approximate surface area is 144 Å². The lowest BCUT2D eigenvalue weighted by molar-refractivity contribution is -0.137. The first-order valence-electron chi connectivity index (χ1n) is 7.66. The fraction of sp³-hybridized carbons (Fsp3) is 0.571. The van der Waals surface area contributed by atoms with Crippen LogP contribution in [0.5, 0.6) is 0 Å². The maximum absolute atomic E-state index is 12.4. The molecule has 1 aliphatic rings. The van der Waals surface area contributed by atoms with Crippen LogP contribution in [0.2, 0.25) is 0 Å². The zero-order valence-corrected chi connectivity index (χ0v) is 14.7. The van der Waals surface area contributed by atoms with Gasteiger partial charge in [-0.05, 0) is 30.2 Å². The van der Waals surface area contributed by atoms with E-state index in [1.807, 2.05) is 0 Å². The van der Waals surface area contributed by atoms with E-state index in [1.165, 1.54) is 15.6 Å². The molecule has 0 spiro atoms. The van der Waals surface area contributed by atoms with E-state index in [0.717, 1.165) is 0 Å². The Morgan fingerprint density at radius 2 is 2.17 bits per heavy atom. The Hall–Kier alpha value is -1.65. The topological polar surface area (TPSA) is 116 Å². The summed E-state index contributed by atoms with van der Waals surface area (Å²) in [5.41, 5.74) is 0. The number of aliphatic carboxylic acids is 1. The van der Waals surface area contributed by atoms with Crippen LogP contribution in [0.3, 0.4) is 0 Å². The number of nitrogens with one attached hydrogen (secondary N) is 2. The molecule has 2 amide bonds. The Morgan fingerprint density at radius 1 is 1.38 bits per heavy atom. The molecule has 1 atom stereocenters. The number of nitrogens with zero attached hydrogens (tertiary/aromatic N) is 1. The van der Waals surface area contributed by atoms with Gasteiger partial charge in [-0.3, -0.25) is 4.79 Å². The van der Waals surface area contributed by atoms with Crippen molar-refractivity contribution < 1.29 is 23.1 Å². The van der Waals surface area contributed by atoms with Crippen LogP contribution in [0.4, 0.5) is 4.79 Å². The Balaban J connectivity index is 1.70. The van der Waals surface area contributed by atoms with Crippen molar-refractivity contribution in [3.8, 4) is 0 Å². The normalized spacial score (nSPS) is 18.4. The van der Waals surface area contributed by atoms with Gasteiger partial charge in [0.15, 0.2) is 0 Å². The molecule has 1 aromatic rings. The molecule has 24 heavy (non-hydrogen) atoms. The number of carboxylic acids is 1. The molecule has 8 nitrogen and oxygen atoms in total. The minimum atomic E-state index is -3.42. The molecule has 1 unspecified atom stereocenters. The first-order valence-corrected chi connectivity index (χ1v) is 9.98. The molecule has 10 heteroatoms. The van der Waals surface area contributed by atoms with Crippen LogP contribution in [0, 0.1) is 5.92 Å². The van der Waals surface area contributed by atoms with Crippen LogP contribution >= 0.6 is 11.3 Å². The lowest BCUT2D eigenvalue weighted by Gasteiger charge is -2.16. The molecular weight excluding hydrogens is 354 g/mol. The zero-order valence-electron chi connectivity index (χ0n) is 13.1. The predicted molar refractivity (Wildman–Crippen MR) is 89.5 cm³/mol. The molecule has 2 rings (SSSR count). The highest BCUT2D eigenvalue weighted by Gasteiger charge is 2.33. The smallest absolute Gasteiger partial charge is 0.314 e. The molecule has 134 valence electrons. The molecular formula is C14H21N3O5S2. The van der Waals surface area contributed by atoms with Gasteiger partial charge in [-0.15, -0.1) is 11.3 Å². The van der Waals surface area contributed by atoms with Crippen LogP contribution in [-0.4, -0.2) is 56.0 Å². The summed E-state index contributed by atoms with van der Waals surface area (Å²) >= 11 is 1.20. The summed E-state index contributed by atoms with van der Waals surface area (Å²) in [6.07, 6.45) is 1.08. The molecule has 1 saturated heterocycles. The SMILES string of the molecule is O=C(O)CCCNC(=O)NCC1CCN(S(=O)(=O)c2cccs2)C1. The maximum Gasteiger partial charge on any atom is 0.314 e. The number of rotatable bonds is 8. The fourth-order valence-corrected chi connectivity index (χ4v) is 5.14. The first-order chi connectivity index (χ1) is 11.4. The number of urea groups is 1. The number of carbonyl (C=O) groups excluding carboxylic acids is 1. The number of sulfonamides is 1. The third kappa shape index (κ3) is 5.18. The van der Waals surface area contributed by atoms with Gasteiger partial charge < -0.3 is 15.7 Å². The van der Waals surface area contributed by atoms with E-state index in [2.05, 4.69) is 10.6 Å². The molecule has 0 saturated carbocycles. The lowest BCUT2D eigenvalue weighted by Crippen LogP contribution is -2.39. The second-order valence-corrected chi connectivity index (χ2v) is 8.70. The van der Waals surface area contributed by atoms with E-state index in [9.17, 15) is 18.0 Å². The second kappa shape index (κ2) is 8.45. The fourth-order valence-electron chi connectivity index (χ4n) is 2.46. The quantitative estimate of drug-likeness (QED) is 0.585. The van der Waals surface area contributed by atoms with Gasteiger partial charge in [-0.25, -0.2) is 13.2 Å². The average molecular weight is 375 g/mol. The minimum Gasteiger partial charge on any atom is -0.481 e. The number of amides is 2. The van der Waals surface area contributed by atoms with Crippen molar-refractivity contribution in [1.29, 1.82) is 0 Å².